The largest absolute Gasteiger partial charge is 0.339 e. The summed E-state index contributed by atoms with van der Waals surface area (Å²) >= 11 is 0. The first-order valence-corrected chi connectivity index (χ1v) is 9.15. The number of nitro benzene ring substituents is 1. The van der Waals surface area contributed by atoms with Crippen LogP contribution in [-0.2, 0) is 4.79 Å². The molecular formula is C20H15N5O6. The number of hydrogen-bond donors (Lipinski definition) is 1. The van der Waals surface area contributed by atoms with Gasteiger partial charge in [-0.3, -0.25) is 29.4 Å². The van der Waals surface area contributed by atoms with Crippen LogP contribution in [0.2, 0.25) is 0 Å². The van der Waals surface area contributed by atoms with Crippen LogP contribution >= 0.6 is 0 Å². The fraction of sp³-hybridized carbons (Fsp3) is 0.150. The molecule has 1 aliphatic rings. The number of anilines is 1. The number of nitro groups is 1. The van der Waals surface area contributed by atoms with Gasteiger partial charge in [-0.2, -0.15) is 4.98 Å². The van der Waals surface area contributed by atoms with E-state index < -0.39 is 34.4 Å². The van der Waals surface area contributed by atoms with Gasteiger partial charge in [-0.1, -0.05) is 23.4 Å². The minimum Gasteiger partial charge on any atom is -0.339 e. The third-order valence-corrected chi connectivity index (χ3v) is 4.84. The molecule has 0 radical (unpaired) electrons. The van der Waals surface area contributed by atoms with Crippen LogP contribution in [-0.4, -0.2) is 43.7 Å². The van der Waals surface area contributed by atoms with E-state index in [-0.39, 0.29) is 17.0 Å². The van der Waals surface area contributed by atoms with E-state index in [9.17, 15) is 24.5 Å². The number of amides is 3. The molecule has 2 aromatic carbocycles. The molecule has 11 heteroatoms. The molecule has 2 heterocycles. The Bertz CT molecular complexity index is 1250. The van der Waals surface area contributed by atoms with E-state index in [0.29, 0.717) is 22.0 Å². The summed E-state index contributed by atoms with van der Waals surface area (Å²) in [6, 6.07) is 9.24. The van der Waals surface area contributed by atoms with Gasteiger partial charge >= 0.3 is 0 Å². The topological polar surface area (TPSA) is 149 Å². The number of rotatable bonds is 5. The van der Waals surface area contributed by atoms with Gasteiger partial charge in [-0.15, -0.1) is 0 Å². The highest BCUT2D eigenvalue weighted by Gasteiger charge is 2.44. The molecule has 1 N–H and O–H groups in total. The van der Waals surface area contributed by atoms with E-state index in [1.807, 2.05) is 0 Å². The summed E-state index contributed by atoms with van der Waals surface area (Å²) < 4.78 is 4.98. The lowest BCUT2D eigenvalue weighted by Crippen LogP contribution is -2.45. The molecule has 31 heavy (non-hydrogen) atoms. The van der Waals surface area contributed by atoms with Crippen LogP contribution in [0.4, 0.5) is 11.4 Å². The van der Waals surface area contributed by atoms with Crippen molar-refractivity contribution >= 4 is 29.1 Å². The maximum atomic E-state index is 12.9. The predicted molar refractivity (Wildman–Crippen MR) is 106 cm³/mol. The average Bonchev–Trinajstić information content (AvgIpc) is 3.29. The zero-order chi connectivity index (χ0) is 22.3. The van der Waals surface area contributed by atoms with Crippen LogP contribution < -0.4 is 5.32 Å². The molecule has 1 aliphatic heterocycles. The lowest BCUT2D eigenvalue weighted by Gasteiger charge is -2.22. The number of imide groups is 1. The van der Waals surface area contributed by atoms with Crippen molar-refractivity contribution in [2.45, 2.75) is 19.9 Å². The normalized spacial score (nSPS) is 13.8. The van der Waals surface area contributed by atoms with Gasteiger partial charge in [0.2, 0.25) is 17.6 Å². The van der Waals surface area contributed by atoms with Crippen molar-refractivity contribution in [1.82, 2.24) is 15.0 Å². The number of carbonyl (C=O) groups is 3. The lowest BCUT2D eigenvalue weighted by molar-refractivity contribution is -0.385. The summed E-state index contributed by atoms with van der Waals surface area (Å²) in [5.41, 5.74) is -0.0780. The second kappa shape index (κ2) is 7.44. The number of nitrogens with one attached hydrogen (secondary N) is 1. The molecule has 11 nitrogen and oxygen atoms in total. The Labute approximate surface area is 174 Å². The van der Waals surface area contributed by atoms with Crippen LogP contribution in [0, 0.1) is 17.0 Å². The van der Waals surface area contributed by atoms with Crippen LogP contribution in [0.3, 0.4) is 0 Å². The Kier molecular flexibility index (Phi) is 4.78. The fourth-order valence-corrected chi connectivity index (χ4v) is 3.34. The smallest absolute Gasteiger partial charge is 0.282 e. The highest BCUT2D eigenvalue weighted by atomic mass is 16.6. The van der Waals surface area contributed by atoms with Gasteiger partial charge in [-0.25, -0.2) is 0 Å². The van der Waals surface area contributed by atoms with Crippen molar-refractivity contribution in [3.05, 3.63) is 69.6 Å². The monoisotopic (exact) mass is 421 g/mol. The van der Waals surface area contributed by atoms with Crippen LogP contribution in [0.1, 0.15) is 33.5 Å². The first-order chi connectivity index (χ1) is 14.8. The van der Waals surface area contributed by atoms with Gasteiger partial charge in [0.15, 0.2) is 0 Å². The quantitative estimate of drug-likeness (QED) is 0.375. The summed E-state index contributed by atoms with van der Waals surface area (Å²) in [5, 5.41) is 17.8. The summed E-state index contributed by atoms with van der Waals surface area (Å²) in [6.45, 7) is 2.99. The van der Waals surface area contributed by atoms with Gasteiger partial charge in [-0.05, 0) is 25.1 Å². The standard InChI is InChI=1S/C20H15N5O6/c1-10(24-19(27)13-7-5-9-15(25(29)30)16(13)20(24)28)18(26)22-14-8-4-3-6-12(14)17-21-11(2)31-23-17/h3-10H,1-2H3,(H,22,26). The number of para-hydroxylation sites is 1. The molecule has 1 unspecified atom stereocenters. The Morgan fingerprint density at radius 3 is 2.52 bits per heavy atom. The van der Waals surface area contributed by atoms with E-state index in [1.54, 1.807) is 31.2 Å². The second-order valence-corrected chi connectivity index (χ2v) is 6.78. The first kappa shape index (κ1) is 19.9. The van der Waals surface area contributed by atoms with Crippen LogP contribution in [0.25, 0.3) is 11.4 Å². The molecule has 0 saturated carbocycles. The molecule has 1 aromatic heterocycles. The summed E-state index contributed by atoms with van der Waals surface area (Å²) in [4.78, 5) is 53.8. The molecule has 0 bridgehead atoms. The van der Waals surface area contributed by atoms with Gasteiger partial charge in [0.25, 0.3) is 17.5 Å². The van der Waals surface area contributed by atoms with Crippen LogP contribution in [0.15, 0.2) is 47.0 Å². The molecule has 0 saturated heterocycles. The van der Waals surface area contributed by atoms with Crippen molar-refractivity contribution < 1.29 is 23.8 Å². The highest BCUT2D eigenvalue weighted by molar-refractivity contribution is 6.25. The van der Waals surface area contributed by atoms with Crippen molar-refractivity contribution in [3.63, 3.8) is 0 Å². The zero-order valence-electron chi connectivity index (χ0n) is 16.4. The molecular weight excluding hydrogens is 406 g/mol. The first-order valence-electron chi connectivity index (χ1n) is 9.15. The van der Waals surface area contributed by atoms with Crippen molar-refractivity contribution in [2.75, 3.05) is 5.32 Å². The van der Waals surface area contributed by atoms with Crippen molar-refractivity contribution in [1.29, 1.82) is 0 Å². The Hall–Kier alpha value is -4.41. The lowest BCUT2D eigenvalue weighted by atomic mass is 10.1. The number of carbonyl (C=O) groups excluding carboxylic acids is 3. The van der Waals surface area contributed by atoms with E-state index in [1.165, 1.54) is 19.1 Å². The number of nitrogens with zero attached hydrogens (tertiary/aromatic N) is 4. The van der Waals surface area contributed by atoms with Crippen molar-refractivity contribution in [2.24, 2.45) is 0 Å². The maximum Gasteiger partial charge on any atom is 0.282 e. The molecule has 4 rings (SSSR count). The molecule has 1 atom stereocenters. The van der Waals surface area contributed by atoms with Gasteiger partial charge in [0, 0.05) is 18.6 Å². The number of aryl methyl sites for hydroxylation is 1. The van der Waals surface area contributed by atoms with Gasteiger partial charge in [0.1, 0.15) is 11.6 Å². The minimum atomic E-state index is -1.23. The highest BCUT2D eigenvalue weighted by Crippen LogP contribution is 2.32. The second-order valence-electron chi connectivity index (χ2n) is 6.78. The molecule has 3 aromatic rings. The zero-order valence-corrected chi connectivity index (χ0v) is 16.4. The molecule has 156 valence electrons. The van der Waals surface area contributed by atoms with Gasteiger partial charge < -0.3 is 9.84 Å². The third kappa shape index (κ3) is 3.31. The molecule has 0 spiro atoms. The molecule has 3 amide bonds. The average molecular weight is 421 g/mol. The maximum absolute atomic E-state index is 12.9. The summed E-state index contributed by atoms with van der Waals surface area (Å²) in [7, 11) is 0. The fourth-order valence-electron chi connectivity index (χ4n) is 3.34. The van der Waals surface area contributed by atoms with Gasteiger partial charge in [0.05, 0.1) is 16.2 Å². The van der Waals surface area contributed by atoms with Crippen molar-refractivity contribution in [3.8, 4) is 11.4 Å². The SMILES string of the molecule is Cc1nc(-c2ccccc2NC(=O)C(C)N2C(=O)c3cccc([N+](=O)[O-])c3C2=O)no1. The molecule has 0 fully saturated rings. The van der Waals surface area contributed by atoms with E-state index in [4.69, 9.17) is 4.52 Å². The minimum absolute atomic E-state index is 0.110. The number of hydrogen-bond acceptors (Lipinski definition) is 8. The number of benzene rings is 2. The third-order valence-electron chi connectivity index (χ3n) is 4.84. The Morgan fingerprint density at radius 1 is 1.13 bits per heavy atom. The predicted octanol–water partition coefficient (Wildman–Crippen LogP) is 2.58. The number of fused-ring (bicyclic) bond motifs is 1. The van der Waals surface area contributed by atoms with Crippen LogP contribution in [0.5, 0.6) is 0 Å². The summed E-state index contributed by atoms with van der Waals surface area (Å²) in [5.74, 6) is -1.72. The summed E-state index contributed by atoms with van der Waals surface area (Å²) in [6.07, 6.45) is 0. The number of aromatic nitrogens is 2. The molecule has 0 aliphatic carbocycles. The Morgan fingerprint density at radius 2 is 1.84 bits per heavy atom. The van der Waals surface area contributed by atoms with E-state index in [0.717, 1.165) is 6.07 Å². The Balaban J connectivity index is 1.62. The van der Waals surface area contributed by atoms with E-state index >= 15 is 0 Å². The van der Waals surface area contributed by atoms with E-state index in [2.05, 4.69) is 15.5 Å².